The number of hydrogen-bond donors (Lipinski definition) is 1. The molecule has 0 aliphatic carbocycles. The van der Waals surface area contributed by atoms with Crippen molar-refractivity contribution in [2.45, 2.75) is 31.7 Å². The fraction of sp³-hybridized carbons (Fsp3) is 0.316. The maximum Gasteiger partial charge on any atom is 0.416 e. The van der Waals surface area contributed by atoms with E-state index in [0.29, 0.717) is 18.8 Å². The first-order valence-electron chi connectivity index (χ1n) is 9.39. The molecule has 0 bridgehead atoms. The molecule has 0 fully saturated rings. The molecule has 2 aromatic heterocycles. The molecule has 3 heterocycles. The summed E-state index contributed by atoms with van der Waals surface area (Å²) in [6.45, 7) is 0.224. The van der Waals surface area contributed by atoms with E-state index in [1.54, 1.807) is 24.0 Å². The van der Waals surface area contributed by atoms with Crippen LogP contribution in [-0.2, 0) is 24.1 Å². The number of amides is 2. The number of rotatable bonds is 4. The first kappa shape index (κ1) is 20.6. The number of fused-ring (bicyclic) bond motifs is 1. The summed E-state index contributed by atoms with van der Waals surface area (Å²) in [7, 11) is 1.59. The van der Waals surface area contributed by atoms with E-state index in [1.165, 1.54) is 29.4 Å². The number of alkyl halides is 3. The molecule has 1 aromatic carbocycles. The molecule has 4 rings (SSSR count). The number of carbonyl (C=O) groups is 2. The second-order valence-electron chi connectivity index (χ2n) is 7.05. The average Bonchev–Trinajstić information content (AvgIpc) is 3.37. The van der Waals surface area contributed by atoms with Gasteiger partial charge >= 0.3 is 6.18 Å². The van der Waals surface area contributed by atoms with Crippen LogP contribution in [0.4, 0.5) is 19.0 Å². The molecule has 3 aromatic rings. The number of likely N-dealkylation sites (N-methyl/N-ethyl adjacent to an activating group) is 1. The van der Waals surface area contributed by atoms with Crippen molar-refractivity contribution in [3.05, 3.63) is 59.8 Å². The summed E-state index contributed by atoms with van der Waals surface area (Å²) in [5.41, 5.74) is -0.775. The second kappa shape index (κ2) is 7.85. The average molecular weight is 433 g/mol. The lowest BCUT2D eigenvalue weighted by molar-refractivity contribution is -0.138. The number of anilines is 1. The smallest absolute Gasteiger partial charge is 0.337 e. The van der Waals surface area contributed by atoms with Gasteiger partial charge < -0.3 is 5.32 Å². The van der Waals surface area contributed by atoms with Gasteiger partial charge in [-0.1, -0.05) is 18.2 Å². The zero-order chi connectivity index (χ0) is 22.2. The molecular formula is C19H18F3N7O2. The SMILES string of the molecule is CN1C(=O)[C@@H](NC(=O)c2ncn(Cc3ccccc3C(F)(F)F)n2)CCn2nccc21. The molecule has 2 amide bonds. The molecule has 0 spiro atoms. The quantitative estimate of drug-likeness (QED) is 0.676. The molecule has 0 radical (unpaired) electrons. The Kier molecular flexibility index (Phi) is 5.21. The van der Waals surface area contributed by atoms with Crippen LogP contribution in [0.1, 0.15) is 28.2 Å². The Bertz CT molecular complexity index is 1120. The first-order chi connectivity index (χ1) is 14.7. The summed E-state index contributed by atoms with van der Waals surface area (Å²) in [5.74, 6) is -0.616. The van der Waals surface area contributed by atoms with Crippen molar-refractivity contribution < 1.29 is 22.8 Å². The Morgan fingerprint density at radius 1 is 1.26 bits per heavy atom. The summed E-state index contributed by atoms with van der Waals surface area (Å²) < 4.78 is 42.3. The van der Waals surface area contributed by atoms with Crippen LogP contribution in [0, 0.1) is 0 Å². The van der Waals surface area contributed by atoms with Gasteiger partial charge in [-0.3, -0.25) is 14.5 Å². The van der Waals surface area contributed by atoms with Crippen LogP contribution in [0.3, 0.4) is 0 Å². The minimum absolute atomic E-state index is 0.00171. The predicted octanol–water partition coefficient (Wildman–Crippen LogP) is 1.71. The molecule has 1 N–H and O–H groups in total. The van der Waals surface area contributed by atoms with Gasteiger partial charge in [-0.25, -0.2) is 14.3 Å². The maximum atomic E-state index is 13.2. The highest BCUT2D eigenvalue weighted by Gasteiger charge is 2.33. The van der Waals surface area contributed by atoms with Crippen molar-refractivity contribution in [3.63, 3.8) is 0 Å². The van der Waals surface area contributed by atoms with E-state index in [2.05, 4.69) is 20.5 Å². The molecule has 0 saturated heterocycles. The number of aromatic nitrogens is 5. The van der Waals surface area contributed by atoms with Crippen LogP contribution in [-0.4, -0.2) is 49.4 Å². The predicted molar refractivity (Wildman–Crippen MR) is 102 cm³/mol. The summed E-state index contributed by atoms with van der Waals surface area (Å²) in [6, 6.07) is 6.02. The molecule has 12 heteroatoms. The van der Waals surface area contributed by atoms with E-state index in [0.717, 1.165) is 10.7 Å². The van der Waals surface area contributed by atoms with Crippen LogP contribution in [0.15, 0.2) is 42.9 Å². The third-order valence-corrected chi connectivity index (χ3v) is 5.00. The summed E-state index contributed by atoms with van der Waals surface area (Å²) in [6.07, 6.45) is -1.41. The fourth-order valence-corrected chi connectivity index (χ4v) is 3.45. The Morgan fingerprint density at radius 2 is 2.03 bits per heavy atom. The van der Waals surface area contributed by atoms with Gasteiger partial charge in [0, 0.05) is 19.7 Å². The molecule has 1 atom stereocenters. The monoisotopic (exact) mass is 433 g/mol. The molecule has 162 valence electrons. The van der Waals surface area contributed by atoms with Gasteiger partial charge in [0.2, 0.25) is 5.82 Å². The fourth-order valence-electron chi connectivity index (χ4n) is 3.45. The van der Waals surface area contributed by atoms with E-state index < -0.39 is 23.7 Å². The molecule has 0 saturated carbocycles. The van der Waals surface area contributed by atoms with Crippen molar-refractivity contribution in [1.29, 1.82) is 0 Å². The standard InChI is InChI=1S/C19H18F3N7O2/c1-27-15-6-8-24-29(15)9-7-14(18(27)31)25-17(30)16-23-11-28(26-16)10-12-4-2-3-5-13(12)19(20,21)22/h2-6,8,11,14H,7,9-10H2,1H3,(H,25,30)/t14-/m0/s1. The highest BCUT2D eigenvalue weighted by molar-refractivity contribution is 6.00. The van der Waals surface area contributed by atoms with Crippen LogP contribution >= 0.6 is 0 Å². The van der Waals surface area contributed by atoms with E-state index in [1.807, 2.05) is 0 Å². The van der Waals surface area contributed by atoms with Crippen molar-refractivity contribution in [3.8, 4) is 0 Å². The van der Waals surface area contributed by atoms with Gasteiger partial charge in [-0.15, -0.1) is 5.10 Å². The number of halogens is 3. The van der Waals surface area contributed by atoms with E-state index in [9.17, 15) is 22.8 Å². The van der Waals surface area contributed by atoms with Gasteiger partial charge in [0.1, 0.15) is 18.2 Å². The number of benzene rings is 1. The Morgan fingerprint density at radius 3 is 2.81 bits per heavy atom. The van der Waals surface area contributed by atoms with Gasteiger partial charge in [0.05, 0.1) is 18.3 Å². The molecule has 1 aliphatic heterocycles. The van der Waals surface area contributed by atoms with Gasteiger partial charge in [-0.05, 0) is 18.1 Å². The Balaban J connectivity index is 1.46. The number of carbonyl (C=O) groups excluding carboxylic acids is 2. The first-order valence-corrected chi connectivity index (χ1v) is 9.39. The molecule has 0 unspecified atom stereocenters. The van der Waals surface area contributed by atoms with Gasteiger partial charge in [-0.2, -0.15) is 18.3 Å². The lowest BCUT2D eigenvalue weighted by Crippen LogP contribution is -2.47. The minimum Gasteiger partial charge on any atom is -0.337 e. The number of nitrogens with zero attached hydrogens (tertiary/aromatic N) is 6. The lowest BCUT2D eigenvalue weighted by atomic mass is 10.1. The summed E-state index contributed by atoms with van der Waals surface area (Å²) in [4.78, 5) is 30.5. The van der Waals surface area contributed by atoms with Crippen molar-refractivity contribution in [2.24, 2.45) is 0 Å². The van der Waals surface area contributed by atoms with E-state index in [-0.39, 0.29) is 23.8 Å². The lowest BCUT2D eigenvalue weighted by Gasteiger charge is -2.19. The summed E-state index contributed by atoms with van der Waals surface area (Å²) >= 11 is 0. The van der Waals surface area contributed by atoms with Crippen molar-refractivity contribution in [1.82, 2.24) is 29.9 Å². The topological polar surface area (TPSA) is 97.9 Å². The van der Waals surface area contributed by atoms with Crippen LogP contribution < -0.4 is 10.2 Å². The van der Waals surface area contributed by atoms with Gasteiger partial charge in [0.15, 0.2) is 0 Å². The number of nitrogens with one attached hydrogen (secondary N) is 1. The third kappa shape index (κ3) is 4.13. The van der Waals surface area contributed by atoms with Crippen molar-refractivity contribution >= 4 is 17.6 Å². The van der Waals surface area contributed by atoms with Gasteiger partial charge in [0.25, 0.3) is 11.8 Å². The molecule has 1 aliphatic rings. The highest BCUT2D eigenvalue weighted by atomic mass is 19.4. The maximum absolute atomic E-state index is 13.2. The zero-order valence-electron chi connectivity index (χ0n) is 16.4. The molecular weight excluding hydrogens is 415 g/mol. The molecule has 31 heavy (non-hydrogen) atoms. The molecule has 9 nitrogen and oxygen atoms in total. The van der Waals surface area contributed by atoms with Crippen molar-refractivity contribution in [2.75, 3.05) is 11.9 Å². The normalized spacial score (nSPS) is 16.7. The van der Waals surface area contributed by atoms with E-state index >= 15 is 0 Å². The number of hydrogen-bond acceptors (Lipinski definition) is 5. The highest BCUT2D eigenvalue weighted by Crippen LogP contribution is 2.32. The second-order valence-corrected chi connectivity index (χ2v) is 7.05. The van der Waals surface area contributed by atoms with Crippen LogP contribution in [0.5, 0.6) is 0 Å². The summed E-state index contributed by atoms with van der Waals surface area (Å²) in [5, 5.41) is 10.7. The van der Waals surface area contributed by atoms with Crippen LogP contribution in [0.2, 0.25) is 0 Å². The third-order valence-electron chi connectivity index (χ3n) is 5.00. The number of aryl methyl sites for hydroxylation is 1. The largest absolute Gasteiger partial charge is 0.416 e. The van der Waals surface area contributed by atoms with Crippen LogP contribution in [0.25, 0.3) is 0 Å². The minimum atomic E-state index is -4.50. The Hall–Kier alpha value is -3.70. The zero-order valence-corrected chi connectivity index (χ0v) is 16.4. The van der Waals surface area contributed by atoms with E-state index in [4.69, 9.17) is 0 Å². The Labute approximate surface area is 174 Å².